The van der Waals surface area contributed by atoms with E-state index in [1.54, 1.807) is 0 Å². The van der Waals surface area contributed by atoms with Crippen molar-refractivity contribution in [2.24, 2.45) is 0 Å². The van der Waals surface area contributed by atoms with Gasteiger partial charge in [0.1, 0.15) is 18.0 Å². The van der Waals surface area contributed by atoms with Crippen LogP contribution < -0.4 is 4.74 Å². The van der Waals surface area contributed by atoms with Gasteiger partial charge in [-0.1, -0.05) is 15.9 Å². The highest BCUT2D eigenvalue weighted by molar-refractivity contribution is 9.11. The highest BCUT2D eigenvalue weighted by Gasteiger charge is 2.43. The second-order valence-corrected chi connectivity index (χ2v) is 7.21. The Hall–Kier alpha value is 0.710. The van der Waals surface area contributed by atoms with Gasteiger partial charge in [-0.25, -0.2) is 0 Å². The van der Waals surface area contributed by atoms with Gasteiger partial charge in [0.25, 0.3) is 0 Å². The third-order valence-electron chi connectivity index (χ3n) is 2.77. The van der Waals surface area contributed by atoms with Gasteiger partial charge < -0.3 is 9.47 Å². The maximum Gasteiger partial charge on any atom is 0.148 e. The Morgan fingerprint density at radius 3 is 2.39 bits per heavy atom. The average Bonchev–Trinajstić information content (AvgIpc) is 2.29. The van der Waals surface area contributed by atoms with Gasteiger partial charge in [0.2, 0.25) is 0 Å². The van der Waals surface area contributed by atoms with E-state index in [1.807, 2.05) is 19.1 Å². The van der Waals surface area contributed by atoms with Crippen LogP contribution in [-0.2, 0) is 4.74 Å². The molecule has 2 rings (SSSR count). The lowest BCUT2D eigenvalue weighted by atomic mass is 9.91. The van der Waals surface area contributed by atoms with E-state index in [2.05, 4.69) is 47.8 Å². The summed E-state index contributed by atoms with van der Waals surface area (Å²) in [6.45, 7) is 2.61. The number of hydrogen-bond acceptors (Lipinski definition) is 2. The van der Waals surface area contributed by atoms with Gasteiger partial charge >= 0.3 is 0 Å². The smallest absolute Gasteiger partial charge is 0.148 e. The maximum absolute atomic E-state index is 6.12. The van der Waals surface area contributed by atoms with Gasteiger partial charge in [-0.3, -0.25) is 0 Å². The molecule has 3 unspecified atom stereocenters. The van der Waals surface area contributed by atoms with Crippen LogP contribution in [-0.4, -0.2) is 24.2 Å². The highest BCUT2D eigenvalue weighted by Crippen LogP contribution is 2.40. The Bertz CT molecular complexity index is 418. The van der Waals surface area contributed by atoms with E-state index >= 15 is 0 Å². The van der Waals surface area contributed by atoms with Gasteiger partial charge in [-0.2, -0.15) is 0 Å². The van der Waals surface area contributed by atoms with E-state index < -0.39 is 0 Å². The summed E-state index contributed by atoms with van der Waals surface area (Å²) in [6.07, 6.45) is 0.793. The summed E-state index contributed by atoms with van der Waals surface area (Å²) in [5.74, 6) is 0.788. The van der Waals surface area contributed by atoms with Crippen molar-refractivity contribution in [1.29, 1.82) is 0 Å². The maximum atomic E-state index is 6.12. The lowest BCUT2D eigenvalue weighted by Crippen LogP contribution is -2.52. The quantitative estimate of drug-likeness (QED) is 0.576. The summed E-state index contributed by atoms with van der Waals surface area (Å²) < 4.78 is 14.3. The molecule has 1 aromatic rings. The Labute approximate surface area is 137 Å². The Kier molecular flexibility index (Phi) is 5.40. The molecule has 0 amide bonds. The summed E-state index contributed by atoms with van der Waals surface area (Å²) in [5.41, 5.74) is 0. The fourth-order valence-electron chi connectivity index (χ4n) is 1.84. The fraction of sp³-hybridized carbons (Fsp3) is 0.500. The first kappa shape index (κ1) is 15.1. The molecule has 0 N–H and O–H groups in total. The monoisotopic (exact) mass is 460 g/mol. The molecule has 1 aromatic carbocycles. The van der Waals surface area contributed by atoms with Crippen LogP contribution >= 0.6 is 59.4 Å². The highest BCUT2D eigenvalue weighted by atomic mass is 79.9. The van der Waals surface area contributed by atoms with Gasteiger partial charge in [0.15, 0.2) is 0 Å². The van der Waals surface area contributed by atoms with Gasteiger partial charge in [-0.15, -0.1) is 11.6 Å². The molecule has 2 nitrogen and oxygen atoms in total. The van der Waals surface area contributed by atoms with Crippen LogP contribution in [0.3, 0.4) is 0 Å². The van der Waals surface area contributed by atoms with Crippen LogP contribution in [0.2, 0.25) is 0 Å². The minimum Gasteiger partial charge on any atom is -0.485 e. The molecule has 0 radical (unpaired) electrons. The Balaban J connectivity index is 2.10. The van der Waals surface area contributed by atoms with Crippen LogP contribution in [0.5, 0.6) is 5.75 Å². The molecular formula is C12H12Br3ClO2. The first-order valence-electron chi connectivity index (χ1n) is 5.59. The van der Waals surface area contributed by atoms with E-state index in [9.17, 15) is 0 Å². The fourth-order valence-corrected chi connectivity index (χ4v) is 4.70. The largest absolute Gasteiger partial charge is 0.485 e. The van der Waals surface area contributed by atoms with Gasteiger partial charge in [0, 0.05) is 17.5 Å². The van der Waals surface area contributed by atoms with Crippen LogP contribution in [0.4, 0.5) is 0 Å². The first-order valence-corrected chi connectivity index (χ1v) is 8.41. The van der Waals surface area contributed by atoms with Gasteiger partial charge in [0.05, 0.1) is 14.3 Å². The molecule has 1 aliphatic rings. The molecule has 0 aliphatic heterocycles. The second kappa shape index (κ2) is 6.44. The first-order chi connectivity index (χ1) is 8.52. The third kappa shape index (κ3) is 3.23. The molecule has 1 aliphatic carbocycles. The molecule has 100 valence electrons. The molecule has 18 heavy (non-hydrogen) atoms. The minimum atomic E-state index is -0.0286. The van der Waals surface area contributed by atoms with Crippen molar-refractivity contribution in [3.63, 3.8) is 0 Å². The van der Waals surface area contributed by atoms with Crippen molar-refractivity contribution in [2.45, 2.75) is 30.9 Å². The van der Waals surface area contributed by atoms with Crippen molar-refractivity contribution in [3.05, 3.63) is 25.6 Å². The molecule has 0 aromatic heterocycles. The topological polar surface area (TPSA) is 18.5 Å². The number of hydrogen-bond donors (Lipinski definition) is 0. The lowest BCUT2D eigenvalue weighted by Gasteiger charge is -2.40. The molecule has 0 saturated heterocycles. The van der Waals surface area contributed by atoms with Crippen molar-refractivity contribution in [2.75, 3.05) is 6.61 Å². The number of rotatable bonds is 4. The van der Waals surface area contributed by atoms with Crippen LogP contribution in [0.1, 0.15) is 13.3 Å². The zero-order chi connectivity index (χ0) is 13.3. The van der Waals surface area contributed by atoms with E-state index in [1.165, 1.54) is 0 Å². The summed E-state index contributed by atoms with van der Waals surface area (Å²) in [6, 6.07) is 3.90. The standard InChI is InChI=1S/C12H12Br3ClO2/c1-2-17-12-9(16)5-10(12)18-11-7(14)3-6(13)4-8(11)15/h3-4,9-10,12H,2,5H2,1H3. The second-order valence-electron chi connectivity index (χ2n) is 4.03. The summed E-state index contributed by atoms with van der Waals surface area (Å²) >= 11 is 16.5. The normalized spacial score (nSPS) is 26.8. The summed E-state index contributed by atoms with van der Waals surface area (Å²) in [4.78, 5) is 0. The van der Waals surface area contributed by atoms with E-state index in [4.69, 9.17) is 21.1 Å². The van der Waals surface area contributed by atoms with Crippen molar-refractivity contribution >= 4 is 59.4 Å². The molecule has 6 heteroatoms. The molecule has 0 bridgehead atoms. The van der Waals surface area contributed by atoms with E-state index in [-0.39, 0.29) is 17.6 Å². The van der Waals surface area contributed by atoms with Crippen LogP contribution in [0.15, 0.2) is 25.6 Å². The molecule has 3 atom stereocenters. The molecule has 1 fully saturated rings. The molecule has 1 saturated carbocycles. The Morgan fingerprint density at radius 2 is 1.89 bits per heavy atom. The SMILES string of the molecule is CCOC1C(Cl)CC1Oc1c(Br)cc(Br)cc1Br. The average molecular weight is 463 g/mol. The van der Waals surface area contributed by atoms with Crippen molar-refractivity contribution in [3.8, 4) is 5.75 Å². The molecular weight excluding hydrogens is 451 g/mol. The lowest BCUT2D eigenvalue weighted by molar-refractivity contribution is -0.0764. The predicted octanol–water partition coefficient (Wildman–Crippen LogP) is 5.14. The summed E-state index contributed by atoms with van der Waals surface area (Å²) in [7, 11) is 0. The molecule has 0 heterocycles. The predicted molar refractivity (Wildman–Crippen MR) is 83.6 cm³/mol. The van der Waals surface area contributed by atoms with Crippen molar-refractivity contribution < 1.29 is 9.47 Å². The van der Waals surface area contributed by atoms with Gasteiger partial charge in [-0.05, 0) is 50.9 Å². The van der Waals surface area contributed by atoms with Crippen molar-refractivity contribution in [1.82, 2.24) is 0 Å². The minimum absolute atomic E-state index is 0.0150. The van der Waals surface area contributed by atoms with E-state index in [0.29, 0.717) is 6.61 Å². The zero-order valence-corrected chi connectivity index (χ0v) is 15.1. The van der Waals surface area contributed by atoms with E-state index in [0.717, 1.165) is 25.6 Å². The Morgan fingerprint density at radius 1 is 1.28 bits per heavy atom. The number of benzene rings is 1. The zero-order valence-electron chi connectivity index (χ0n) is 9.63. The summed E-state index contributed by atoms with van der Waals surface area (Å²) in [5, 5.41) is 0.0444. The number of alkyl halides is 1. The third-order valence-corrected chi connectivity index (χ3v) is 4.83. The van der Waals surface area contributed by atoms with Crippen LogP contribution in [0, 0.1) is 0 Å². The molecule has 0 spiro atoms. The number of halogens is 4. The number of ether oxygens (including phenoxy) is 2. The van der Waals surface area contributed by atoms with Crippen LogP contribution in [0.25, 0.3) is 0 Å².